The summed E-state index contributed by atoms with van der Waals surface area (Å²) in [4.78, 5) is 24.9. The molecule has 0 saturated heterocycles. The van der Waals surface area contributed by atoms with Crippen LogP contribution in [0, 0.1) is 0 Å². The molecular formula is C21H18ClNO5. The third kappa shape index (κ3) is 3.55. The number of amides is 1. The van der Waals surface area contributed by atoms with Crippen LogP contribution in [0.1, 0.15) is 30.4 Å². The van der Waals surface area contributed by atoms with Crippen molar-refractivity contribution in [1.82, 2.24) is 5.32 Å². The van der Waals surface area contributed by atoms with E-state index in [9.17, 15) is 9.59 Å². The first-order chi connectivity index (χ1) is 13.5. The fourth-order valence-corrected chi connectivity index (χ4v) is 3.72. The summed E-state index contributed by atoms with van der Waals surface area (Å²) >= 11 is 6.32. The zero-order chi connectivity index (χ0) is 19.7. The molecule has 1 amide bonds. The molecule has 0 unspecified atom stereocenters. The molecule has 1 N–H and O–H groups in total. The van der Waals surface area contributed by atoms with Crippen LogP contribution in [-0.2, 0) is 20.9 Å². The minimum atomic E-state index is -0.486. The van der Waals surface area contributed by atoms with Crippen LogP contribution in [-0.4, -0.2) is 18.7 Å². The number of nitrogens with one attached hydrogen (secondary N) is 1. The van der Waals surface area contributed by atoms with E-state index in [1.807, 2.05) is 24.3 Å². The molecule has 2 aliphatic heterocycles. The summed E-state index contributed by atoms with van der Waals surface area (Å²) < 4.78 is 16.2. The largest absolute Gasteiger partial charge is 0.457 e. The van der Waals surface area contributed by atoms with Gasteiger partial charge in [0, 0.05) is 23.1 Å². The Morgan fingerprint density at radius 3 is 2.82 bits per heavy atom. The van der Waals surface area contributed by atoms with Gasteiger partial charge in [-0.2, -0.15) is 0 Å². The Morgan fingerprint density at radius 1 is 1.21 bits per heavy atom. The van der Waals surface area contributed by atoms with E-state index in [-0.39, 0.29) is 25.7 Å². The second-order valence-corrected chi connectivity index (χ2v) is 7.04. The average molecular weight is 400 g/mol. The molecular weight excluding hydrogens is 382 g/mol. The third-order valence-corrected chi connectivity index (χ3v) is 5.12. The molecule has 0 aromatic heterocycles. The van der Waals surface area contributed by atoms with Crippen LogP contribution < -0.4 is 14.8 Å². The Morgan fingerprint density at radius 2 is 2.00 bits per heavy atom. The zero-order valence-electron chi connectivity index (χ0n) is 15.2. The number of rotatable bonds is 4. The van der Waals surface area contributed by atoms with Gasteiger partial charge in [0.1, 0.15) is 6.61 Å². The molecule has 1 atom stereocenters. The number of ether oxygens (including phenoxy) is 3. The molecule has 2 heterocycles. The first-order valence-corrected chi connectivity index (χ1v) is 9.21. The minimum Gasteiger partial charge on any atom is -0.457 e. The molecule has 2 aromatic carbocycles. The standard InChI is InChI=1S/C21H18ClNO5/c1-12-20(15(9-19(24)23-12)14-4-2-3-5-16(14)22)21(25)26-10-13-6-7-17-18(8-13)28-11-27-17/h2-8,15H,9-11H2,1H3,(H,23,24)/t15-/m0/s1. The lowest BCUT2D eigenvalue weighted by molar-refractivity contribution is -0.141. The van der Waals surface area contributed by atoms with Gasteiger partial charge in [-0.25, -0.2) is 4.79 Å². The van der Waals surface area contributed by atoms with Crippen molar-refractivity contribution in [3.8, 4) is 11.5 Å². The van der Waals surface area contributed by atoms with Gasteiger partial charge in [0.2, 0.25) is 12.7 Å². The number of benzene rings is 2. The summed E-state index contributed by atoms with van der Waals surface area (Å²) in [6.07, 6.45) is 0.134. The number of carbonyl (C=O) groups excluding carboxylic acids is 2. The Balaban J connectivity index is 1.56. The van der Waals surface area contributed by atoms with Crippen molar-refractivity contribution in [2.45, 2.75) is 25.9 Å². The predicted octanol–water partition coefficient (Wildman–Crippen LogP) is 3.69. The molecule has 0 radical (unpaired) electrons. The van der Waals surface area contributed by atoms with E-state index >= 15 is 0 Å². The van der Waals surface area contributed by atoms with Crippen LogP contribution in [0.15, 0.2) is 53.7 Å². The zero-order valence-corrected chi connectivity index (χ0v) is 15.9. The van der Waals surface area contributed by atoms with Gasteiger partial charge in [0.15, 0.2) is 11.5 Å². The highest BCUT2D eigenvalue weighted by molar-refractivity contribution is 6.31. The van der Waals surface area contributed by atoms with Crippen LogP contribution in [0.25, 0.3) is 0 Å². The summed E-state index contributed by atoms with van der Waals surface area (Å²) in [7, 11) is 0. The van der Waals surface area contributed by atoms with Gasteiger partial charge < -0.3 is 19.5 Å². The summed E-state index contributed by atoms with van der Waals surface area (Å²) in [6, 6.07) is 12.6. The van der Waals surface area contributed by atoms with Gasteiger partial charge in [-0.15, -0.1) is 0 Å². The van der Waals surface area contributed by atoms with E-state index in [0.717, 1.165) is 11.1 Å². The van der Waals surface area contributed by atoms with Crippen molar-refractivity contribution in [1.29, 1.82) is 0 Å². The maximum atomic E-state index is 12.9. The van der Waals surface area contributed by atoms with Crippen LogP contribution >= 0.6 is 11.6 Å². The van der Waals surface area contributed by atoms with Gasteiger partial charge in [-0.1, -0.05) is 35.9 Å². The van der Waals surface area contributed by atoms with Gasteiger partial charge in [0.25, 0.3) is 0 Å². The number of fused-ring (bicyclic) bond motifs is 1. The molecule has 0 saturated carbocycles. The second-order valence-electron chi connectivity index (χ2n) is 6.63. The fourth-order valence-electron chi connectivity index (χ4n) is 3.45. The Kier molecular flexibility index (Phi) is 4.96. The van der Waals surface area contributed by atoms with Crippen molar-refractivity contribution < 1.29 is 23.8 Å². The average Bonchev–Trinajstić information content (AvgIpc) is 3.13. The van der Waals surface area contributed by atoms with Gasteiger partial charge in [0.05, 0.1) is 5.57 Å². The minimum absolute atomic E-state index is 0.0788. The highest BCUT2D eigenvalue weighted by Crippen LogP contribution is 2.37. The summed E-state index contributed by atoms with van der Waals surface area (Å²) in [5, 5.41) is 3.23. The number of halogens is 1. The van der Waals surface area contributed by atoms with Crippen molar-refractivity contribution in [2.75, 3.05) is 6.79 Å². The molecule has 2 aliphatic rings. The van der Waals surface area contributed by atoms with E-state index in [2.05, 4.69) is 5.32 Å². The normalized spacial score (nSPS) is 18.1. The van der Waals surface area contributed by atoms with Crippen LogP contribution in [0.4, 0.5) is 0 Å². The maximum Gasteiger partial charge on any atom is 0.336 e. The SMILES string of the molecule is CC1=C(C(=O)OCc2ccc3c(c2)OCO3)[C@H](c2ccccc2Cl)CC(=O)N1. The molecule has 28 heavy (non-hydrogen) atoms. The summed E-state index contributed by atoms with van der Waals surface area (Å²) in [5.41, 5.74) is 2.41. The fraction of sp³-hybridized carbons (Fsp3) is 0.238. The van der Waals surface area contributed by atoms with Crippen LogP contribution in [0.5, 0.6) is 11.5 Å². The Bertz CT molecular complexity index is 985. The third-order valence-electron chi connectivity index (χ3n) is 4.78. The lowest BCUT2D eigenvalue weighted by Crippen LogP contribution is -2.34. The predicted molar refractivity (Wildman–Crippen MR) is 102 cm³/mol. The molecule has 6 nitrogen and oxygen atoms in total. The first kappa shape index (κ1) is 18.4. The summed E-state index contributed by atoms with van der Waals surface area (Å²) in [6.45, 7) is 1.96. The lowest BCUT2D eigenvalue weighted by atomic mass is 9.84. The van der Waals surface area contributed by atoms with Crippen LogP contribution in [0.2, 0.25) is 5.02 Å². The molecule has 144 valence electrons. The Labute approximate surface area is 167 Å². The molecule has 0 fully saturated rings. The maximum absolute atomic E-state index is 12.9. The molecule has 2 aromatic rings. The topological polar surface area (TPSA) is 73.9 Å². The molecule has 0 aliphatic carbocycles. The van der Waals surface area contributed by atoms with E-state index in [1.54, 1.807) is 25.1 Å². The number of carbonyl (C=O) groups is 2. The number of hydrogen-bond donors (Lipinski definition) is 1. The van der Waals surface area contributed by atoms with E-state index in [1.165, 1.54) is 0 Å². The van der Waals surface area contributed by atoms with Crippen molar-refractivity contribution >= 4 is 23.5 Å². The molecule has 0 bridgehead atoms. The number of esters is 1. The highest BCUT2D eigenvalue weighted by atomic mass is 35.5. The van der Waals surface area contributed by atoms with Gasteiger partial charge in [-0.3, -0.25) is 4.79 Å². The van der Waals surface area contributed by atoms with Gasteiger partial charge >= 0.3 is 5.97 Å². The number of allylic oxidation sites excluding steroid dienone is 1. The molecule has 7 heteroatoms. The smallest absolute Gasteiger partial charge is 0.336 e. The second kappa shape index (κ2) is 7.56. The van der Waals surface area contributed by atoms with Crippen molar-refractivity contribution in [2.24, 2.45) is 0 Å². The monoisotopic (exact) mass is 399 g/mol. The first-order valence-electron chi connectivity index (χ1n) is 8.83. The quantitative estimate of drug-likeness (QED) is 0.794. The number of hydrogen-bond acceptors (Lipinski definition) is 5. The Hall–Kier alpha value is -2.99. The molecule has 4 rings (SSSR count). The van der Waals surface area contributed by atoms with Gasteiger partial charge in [-0.05, 0) is 36.2 Å². The van der Waals surface area contributed by atoms with Crippen molar-refractivity contribution in [3.05, 3.63) is 69.9 Å². The lowest BCUT2D eigenvalue weighted by Gasteiger charge is -2.27. The highest BCUT2D eigenvalue weighted by Gasteiger charge is 2.33. The summed E-state index contributed by atoms with van der Waals surface area (Å²) in [5.74, 6) is 0.201. The molecule has 0 spiro atoms. The van der Waals surface area contributed by atoms with Crippen LogP contribution in [0.3, 0.4) is 0 Å². The van der Waals surface area contributed by atoms with Crippen molar-refractivity contribution in [3.63, 3.8) is 0 Å². The van der Waals surface area contributed by atoms with E-state index in [0.29, 0.717) is 27.8 Å². The van der Waals surface area contributed by atoms with E-state index in [4.69, 9.17) is 25.8 Å². The van der Waals surface area contributed by atoms with E-state index < -0.39 is 11.9 Å².